The van der Waals surface area contributed by atoms with Crippen LogP contribution in [-0.2, 0) is 12.8 Å². The van der Waals surface area contributed by atoms with Crippen LogP contribution < -0.4 is 0 Å². The number of aromatic amines is 1. The van der Waals surface area contributed by atoms with Crippen LogP contribution in [0.25, 0.3) is 11.0 Å². The molecule has 0 fully saturated rings. The molecule has 0 bridgehead atoms. The molecule has 1 heterocycles. The first kappa shape index (κ1) is 12.3. The third kappa shape index (κ3) is 2.99. The molecule has 0 spiro atoms. The fourth-order valence-corrected chi connectivity index (χ4v) is 2.67. The SMILES string of the molecule is SC(Cc1ccccc1)Cc1nc2ccccc2[nH]1. The van der Waals surface area contributed by atoms with Crippen molar-refractivity contribution in [2.75, 3.05) is 0 Å². The Morgan fingerprint density at radius 2 is 1.68 bits per heavy atom. The summed E-state index contributed by atoms with van der Waals surface area (Å²) in [6.07, 6.45) is 1.81. The number of imidazole rings is 1. The van der Waals surface area contributed by atoms with Gasteiger partial charge >= 0.3 is 0 Å². The minimum absolute atomic E-state index is 0.281. The van der Waals surface area contributed by atoms with Gasteiger partial charge in [0, 0.05) is 11.7 Å². The summed E-state index contributed by atoms with van der Waals surface area (Å²) in [7, 11) is 0. The lowest BCUT2D eigenvalue weighted by Gasteiger charge is -2.08. The number of H-pyrrole nitrogens is 1. The molecule has 1 unspecified atom stereocenters. The van der Waals surface area contributed by atoms with Gasteiger partial charge in [-0.3, -0.25) is 0 Å². The molecule has 1 atom stereocenters. The van der Waals surface area contributed by atoms with Crippen molar-refractivity contribution in [3.05, 3.63) is 66.0 Å². The number of hydrogen-bond acceptors (Lipinski definition) is 2. The van der Waals surface area contributed by atoms with E-state index in [1.807, 2.05) is 24.3 Å². The van der Waals surface area contributed by atoms with E-state index in [9.17, 15) is 0 Å². The fourth-order valence-electron chi connectivity index (χ4n) is 2.28. The Morgan fingerprint density at radius 3 is 2.47 bits per heavy atom. The number of thiol groups is 1. The van der Waals surface area contributed by atoms with Crippen LogP contribution in [0.4, 0.5) is 0 Å². The number of hydrogen-bond donors (Lipinski definition) is 2. The molecule has 2 nitrogen and oxygen atoms in total. The van der Waals surface area contributed by atoms with Gasteiger partial charge in [-0.1, -0.05) is 42.5 Å². The first-order valence-electron chi connectivity index (χ1n) is 6.47. The first-order valence-corrected chi connectivity index (χ1v) is 6.98. The Morgan fingerprint density at radius 1 is 0.947 bits per heavy atom. The topological polar surface area (TPSA) is 28.7 Å². The van der Waals surface area contributed by atoms with E-state index >= 15 is 0 Å². The highest BCUT2D eigenvalue weighted by molar-refractivity contribution is 7.80. The van der Waals surface area contributed by atoms with Crippen LogP contribution in [0.2, 0.25) is 0 Å². The number of benzene rings is 2. The predicted molar refractivity (Wildman–Crippen MR) is 82.7 cm³/mol. The van der Waals surface area contributed by atoms with Gasteiger partial charge in [0.1, 0.15) is 5.82 Å². The zero-order valence-corrected chi connectivity index (χ0v) is 11.5. The molecule has 1 aromatic heterocycles. The van der Waals surface area contributed by atoms with Crippen molar-refractivity contribution in [1.82, 2.24) is 9.97 Å². The average molecular weight is 268 g/mol. The molecular weight excluding hydrogens is 252 g/mol. The third-order valence-corrected chi connectivity index (χ3v) is 3.55. The summed E-state index contributed by atoms with van der Waals surface area (Å²) in [5, 5.41) is 0.281. The fraction of sp³-hybridized carbons (Fsp3) is 0.188. The predicted octanol–water partition coefficient (Wildman–Crippen LogP) is 3.65. The second-order valence-corrected chi connectivity index (χ2v) is 5.48. The molecule has 19 heavy (non-hydrogen) atoms. The Bertz CT molecular complexity index is 628. The van der Waals surface area contributed by atoms with Gasteiger partial charge in [-0.2, -0.15) is 12.6 Å². The van der Waals surface area contributed by atoms with Gasteiger partial charge in [0.25, 0.3) is 0 Å². The molecule has 3 heteroatoms. The molecule has 96 valence electrons. The monoisotopic (exact) mass is 268 g/mol. The molecule has 3 aromatic rings. The van der Waals surface area contributed by atoms with E-state index in [0.29, 0.717) is 0 Å². The highest BCUT2D eigenvalue weighted by Gasteiger charge is 2.09. The molecule has 0 saturated heterocycles. The van der Waals surface area contributed by atoms with Crippen LogP contribution in [0.1, 0.15) is 11.4 Å². The summed E-state index contributed by atoms with van der Waals surface area (Å²) < 4.78 is 0. The number of fused-ring (bicyclic) bond motifs is 1. The average Bonchev–Trinajstić information content (AvgIpc) is 2.81. The molecule has 0 amide bonds. The molecule has 2 aromatic carbocycles. The minimum Gasteiger partial charge on any atom is -0.342 e. The molecule has 0 aliphatic rings. The number of nitrogens with zero attached hydrogens (tertiary/aromatic N) is 1. The summed E-state index contributed by atoms with van der Waals surface area (Å²) in [5.41, 5.74) is 3.44. The summed E-state index contributed by atoms with van der Waals surface area (Å²) in [5.74, 6) is 1.01. The van der Waals surface area contributed by atoms with Gasteiger partial charge in [-0.25, -0.2) is 4.98 Å². The van der Waals surface area contributed by atoms with Crippen LogP contribution in [0.3, 0.4) is 0 Å². The maximum atomic E-state index is 4.67. The first-order chi connectivity index (χ1) is 9.31. The van der Waals surface area contributed by atoms with Crippen molar-refractivity contribution in [1.29, 1.82) is 0 Å². The summed E-state index contributed by atoms with van der Waals surface area (Å²) >= 11 is 4.67. The molecule has 0 radical (unpaired) electrons. The number of aromatic nitrogens is 2. The van der Waals surface area contributed by atoms with E-state index in [4.69, 9.17) is 0 Å². The largest absolute Gasteiger partial charge is 0.342 e. The number of rotatable bonds is 4. The molecular formula is C16H16N2S. The number of nitrogens with one attached hydrogen (secondary N) is 1. The maximum absolute atomic E-state index is 4.67. The lowest BCUT2D eigenvalue weighted by atomic mass is 10.1. The normalized spacial score (nSPS) is 12.7. The van der Waals surface area contributed by atoms with E-state index in [0.717, 1.165) is 29.7 Å². The highest BCUT2D eigenvalue weighted by Crippen LogP contribution is 2.15. The van der Waals surface area contributed by atoms with Crippen molar-refractivity contribution in [2.24, 2.45) is 0 Å². The Hall–Kier alpha value is -1.74. The van der Waals surface area contributed by atoms with Crippen molar-refractivity contribution in [2.45, 2.75) is 18.1 Å². The lowest BCUT2D eigenvalue weighted by molar-refractivity contribution is 0.810. The standard InChI is InChI=1S/C16H16N2S/c19-13(10-12-6-2-1-3-7-12)11-16-17-14-8-4-5-9-15(14)18-16/h1-9,13,19H,10-11H2,(H,17,18). The van der Waals surface area contributed by atoms with Crippen molar-refractivity contribution >= 4 is 23.7 Å². The van der Waals surface area contributed by atoms with Gasteiger partial charge in [0.2, 0.25) is 0 Å². The van der Waals surface area contributed by atoms with Gasteiger partial charge in [-0.15, -0.1) is 0 Å². The quantitative estimate of drug-likeness (QED) is 0.695. The van der Waals surface area contributed by atoms with Crippen LogP contribution >= 0.6 is 12.6 Å². The Balaban J connectivity index is 1.70. The number of para-hydroxylation sites is 2. The third-order valence-electron chi connectivity index (χ3n) is 3.18. The minimum atomic E-state index is 0.281. The summed E-state index contributed by atoms with van der Waals surface area (Å²) in [4.78, 5) is 7.94. The van der Waals surface area contributed by atoms with Gasteiger partial charge in [0.05, 0.1) is 11.0 Å². The summed E-state index contributed by atoms with van der Waals surface area (Å²) in [6.45, 7) is 0. The molecule has 0 saturated carbocycles. The van der Waals surface area contributed by atoms with Gasteiger partial charge in [0.15, 0.2) is 0 Å². The molecule has 3 rings (SSSR count). The van der Waals surface area contributed by atoms with E-state index in [1.54, 1.807) is 0 Å². The zero-order chi connectivity index (χ0) is 13.1. The molecule has 0 aliphatic carbocycles. The van der Waals surface area contributed by atoms with Crippen LogP contribution in [-0.4, -0.2) is 15.2 Å². The van der Waals surface area contributed by atoms with Crippen molar-refractivity contribution in [3.63, 3.8) is 0 Å². The van der Waals surface area contributed by atoms with Crippen LogP contribution in [0.5, 0.6) is 0 Å². The van der Waals surface area contributed by atoms with Gasteiger partial charge in [-0.05, 0) is 24.1 Å². The summed E-state index contributed by atoms with van der Waals surface area (Å²) in [6, 6.07) is 18.6. The maximum Gasteiger partial charge on any atom is 0.108 e. The van der Waals surface area contributed by atoms with E-state index in [2.05, 4.69) is 52.9 Å². The second-order valence-electron chi connectivity index (χ2n) is 4.75. The molecule has 1 N–H and O–H groups in total. The highest BCUT2D eigenvalue weighted by atomic mass is 32.1. The smallest absolute Gasteiger partial charge is 0.108 e. The molecule has 0 aliphatic heterocycles. The van der Waals surface area contributed by atoms with Crippen molar-refractivity contribution in [3.8, 4) is 0 Å². The Labute approximate surface area is 118 Å². The second kappa shape index (κ2) is 5.49. The Kier molecular flexibility index (Phi) is 3.56. The zero-order valence-electron chi connectivity index (χ0n) is 10.6. The van der Waals surface area contributed by atoms with E-state index < -0.39 is 0 Å². The van der Waals surface area contributed by atoms with Crippen LogP contribution in [0.15, 0.2) is 54.6 Å². The van der Waals surface area contributed by atoms with Crippen LogP contribution in [0, 0.1) is 0 Å². The van der Waals surface area contributed by atoms with E-state index in [-0.39, 0.29) is 5.25 Å². The van der Waals surface area contributed by atoms with E-state index in [1.165, 1.54) is 5.56 Å². The van der Waals surface area contributed by atoms with Crippen molar-refractivity contribution < 1.29 is 0 Å². The lowest BCUT2D eigenvalue weighted by Crippen LogP contribution is -2.08. The van der Waals surface area contributed by atoms with Gasteiger partial charge < -0.3 is 4.98 Å².